The number of hydrogen-bond donors (Lipinski definition) is 1. The summed E-state index contributed by atoms with van der Waals surface area (Å²) in [7, 11) is 0. The molecule has 0 amide bonds. The molecule has 0 radical (unpaired) electrons. The molecule has 1 aromatic carbocycles. The third-order valence-electron chi connectivity index (χ3n) is 3.62. The predicted molar refractivity (Wildman–Crippen MR) is 86.4 cm³/mol. The van der Waals surface area contributed by atoms with Crippen molar-refractivity contribution >= 4 is 33.1 Å². The fraction of sp³-hybridized carbons (Fsp3) is 0.250. The molecule has 1 N–H and O–H groups in total. The molecule has 0 fully saturated rings. The summed E-state index contributed by atoms with van der Waals surface area (Å²) < 4.78 is 37.9. The summed E-state index contributed by atoms with van der Waals surface area (Å²) in [6, 6.07) is 4.92. The molecular weight excluding hydrogens is 323 g/mol. The van der Waals surface area contributed by atoms with Gasteiger partial charge in [-0.1, -0.05) is 0 Å². The van der Waals surface area contributed by atoms with Crippen molar-refractivity contribution in [3.63, 3.8) is 0 Å². The molecule has 0 saturated carbocycles. The third-order valence-corrected chi connectivity index (χ3v) is 4.72. The molecule has 2 aromatic heterocycles. The van der Waals surface area contributed by atoms with E-state index in [4.69, 9.17) is 0 Å². The number of benzene rings is 1. The van der Waals surface area contributed by atoms with Crippen molar-refractivity contribution in [3.05, 3.63) is 46.1 Å². The Hall–Kier alpha value is -2.15. The molecule has 120 valence electrons. The van der Waals surface area contributed by atoms with Crippen LogP contribution in [0, 0.1) is 20.8 Å². The van der Waals surface area contributed by atoms with Crippen LogP contribution < -0.4 is 5.32 Å². The van der Waals surface area contributed by atoms with Gasteiger partial charge in [-0.2, -0.15) is 13.2 Å². The Kier molecular flexibility index (Phi) is 3.75. The molecule has 3 aromatic rings. The molecule has 23 heavy (non-hydrogen) atoms. The van der Waals surface area contributed by atoms with Gasteiger partial charge >= 0.3 is 6.18 Å². The number of alkyl halides is 3. The molecule has 2 heterocycles. The number of aryl methyl sites for hydroxylation is 3. The quantitative estimate of drug-likeness (QED) is 0.682. The lowest BCUT2D eigenvalue weighted by molar-refractivity contribution is -0.137. The summed E-state index contributed by atoms with van der Waals surface area (Å²) in [5.74, 6) is 1.24. The second-order valence-corrected chi connectivity index (χ2v) is 6.49. The van der Waals surface area contributed by atoms with E-state index in [-0.39, 0.29) is 0 Å². The zero-order valence-corrected chi connectivity index (χ0v) is 13.6. The Morgan fingerprint density at radius 3 is 2.26 bits per heavy atom. The minimum atomic E-state index is -4.33. The van der Waals surface area contributed by atoms with Crippen LogP contribution in [0.15, 0.2) is 24.3 Å². The number of hydrogen-bond acceptors (Lipinski definition) is 4. The van der Waals surface area contributed by atoms with Gasteiger partial charge in [0.1, 0.15) is 16.5 Å². The number of halogens is 3. The van der Waals surface area contributed by atoms with Gasteiger partial charge < -0.3 is 5.32 Å². The van der Waals surface area contributed by atoms with Crippen LogP contribution >= 0.6 is 11.3 Å². The molecule has 0 atom stereocenters. The van der Waals surface area contributed by atoms with Crippen LogP contribution in [0.4, 0.5) is 24.7 Å². The summed E-state index contributed by atoms with van der Waals surface area (Å²) >= 11 is 1.58. The molecule has 3 rings (SSSR count). The standard InChI is InChI=1S/C16H14F3N3S/c1-8-9(2)23-15-13(8)14(20-10(3)21-15)22-12-6-4-11(5-7-12)16(17,18)19/h4-7H,1-3H3,(H,20,21,22). The van der Waals surface area contributed by atoms with E-state index >= 15 is 0 Å². The van der Waals surface area contributed by atoms with E-state index in [1.54, 1.807) is 18.3 Å². The monoisotopic (exact) mass is 337 g/mol. The van der Waals surface area contributed by atoms with Gasteiger partial charge in [0.2, 0.25) is 0 Å². The largest absolute Gasteiger partial charge is 0.416 e. The number of nitrogens with zero attached hydrogens (tertiary/aromatic N) is 2. The second-order valence-electron chi connectivity index (χ2n) is 5.28. The molecule has 0 aliphatic heterocycles. The van der Waals surface area contributed by atoms with Crippen LogP contribution in [0.2, 0.25) is 0 Å². The van der Waals surface area contributed by atoms with E-state index in [0.29, 0.717) is 17.3 Å². The van der Waals surface area contributed by atoms with Crippen molar-refractivity contribution in [3.8, 4) is 0 Å². The molecule has 0 unspecified atom stereocenters. The van der Waals surface area contributed by atoms with Crippen molar-refractivity contribution in [1.82, 2.24) is 9.97 Å². The number of thiophene rings is 1. The van der Waals surface area contributed by atoms with Crippen LogP contribution in [0.3, 0.4) is 0 Å². The van der Waals surface area contributed by atoms with Crippen LogP contribution in [0.1, 0.15) is 21.8 Å². The van der Waals surface area contributed by atoms with Crippen LogP contribution in [0.25, 0.3) is 10.2 Å². The minimum absolute atomic E-state index is 0.556. The first-order valence-corrected chi connectivity index (χ1v) is 7.76. The highest BCUT2D eigenvalue weighted by atomic mass is 32.1. The molecule has 0 spiro atoms. The zero-order chi connectivity index (χ0) is 16.8. The smallest absolute Gasteiger partial charge is 0.340 e. The van der Waals surface area contributed by atoms with E-state index < -0.39 is 11.7 Å². The van der Waals surface area contributed by atoms with E-state index in [1.165, 1.54) is 12.1 Å². The fourth-order valence-electron chi connectivity index (χ4n) is 2.33. The lowest BCUT2D eigenvalue weighted by Crippen LogP contribution is -2.04. The first-order chi connectivity index (χ1) is 10.8. The summed E-state index contributed by atoms with van der Waals surface area (Å²) in [6.45, 7) is 5.80. The fourth-order valence-corrected chi connectivity index (χ4v) is 3.40. The van der Waals surface area contributed by atoms with Gasteiger partial charge in [0, 0.05) is 10.6 Å². The lowest BCUT2D eigenvalue weighted by atomic mass is 10.2. The Labute approximate surface area is 135 Å². The summed E-state index contributed by atoms with van der Waals surface area (Å²) in [5, 5.41) is 4.02. The second kappa shape index (κ2) is 5.49. The zero-order valence-electron chi connectivity index (χ0n) is 12.7. The van der Waals surface area contributed by atoms with Crippen molar-refractivity contribution in [2.75, 3.05) is 5.32 Å². The number of fused-ring (bicyclic) bond motifs is 1. The van der Waals surface area contributed by atoms with Gasteiger partial charge in [-0.25, -0.2) is 9.97 Å². The average molecular weight is 337 g/mol. The van der Waals surface area contributed by atoms with E-state index in [2.05, 4.69) is 15.3 Å². The maximum atomic E-state index is 12.6. The minimum Gasteiger partial charge on any atom is -0.340 e. The first-order valence-electron chi connectivity index (χ1n) is 6.94. The van der Waals surface area contributed by atoms with Crippen LogP contribution in [-0.2, 0) is 6.18 Å². The third kappa shape index (κ3) is 3.01. The normalized spacial score (nSPS) is 11.9. The Bertz CT molecular complexity index is 867. The SMILES string of the molecule is Cc1nc(Nc2ccc(C(F)(F)F)cc2)c2c(C)c(C)sc2n1. The van der Waals surface area contributed by atoms with Crippen molar-refractivity contribution in [2.24, 2.45) is 0 Å². The van der Waals surface area contributed by atoms with Crippen molar-refractivity contribution < 1.29 is 13.2 Å². The molecule has 0 bridgehead atoms. The topological polar surface area (TPSA) is 37.8 Å². The molecular formula is C16H14F3N3S. The van der Waals surface area contributed by atoms with Gasteiger partial charge in [-0.15, -0.1) is 11.3 Å². The molecule has 7 heteroatoms. The maximum absolute atomic E-state index is 12.6. The van der Waals surface area contributed by atoms with Gasteiger partial charge in [0.25, 0.3) is 0 Å². The van der Waals surface area contributed by atoms with Crippen molar-refractivity contribution in [2.45, 2.75) is 26.9 Å². The van der Waals surface area contributed by atoms with E-state index in [0.717, 1.165) is 32.8 Å². The van der Waals surface area contributed by atoms with E-state index in [1.807, 2.05) is 13.8 Å². The Morgan fingerprint density at radius 2 is 1.65 bits per heavy atom. The Morgan fingerprint density at radius 1 is 1.00 bits per heavy atom. The van der Waals surface area contributed by atoms with Gasteiger partial charge in [-0.3, -0.25) is 0 Å². The number of anilines is 2. The predicted octanol–water partition coefficient (Wildman–Crippen LogP) is 5.38. The van der Waals surface area contributed by atoms with Gasteiger partial charge in [0.05, 0.1) is 10.9 Å². The Balaban J connectivity index is 2.01. The molecule has 3 nitrogen and oxygen atoms in total. The first kappa shape index (κ1) is 15.7. The van der Waals surface area contributed by atoms with Crippen molar-refractivity contribution in [1.29, 1.82) is 0 Å². The number of aromatic nitrogens is 2. The van der Waals surface area contributed by atoms with E-state index in [9.17, 15) is 13.2 Å². The summed E-state index contributed by atoms with van der Waals surface area (Å²) in [4.78, 5) is 10.9. The summed E-state index contributed by atoms with van der Waals surface area (Å²) in [5.41, 5.74) is 0.967. The number of rotatable bonds is 2. The highest BCUT2D eigenvalue weighted by Crippen LogP contribution is 2.35. The van der Waals surface area contributed by atoms with Crippen LogP contribution in [-0.4, -0.2) is 9.97 Å². The molecule has 0 saturated heterocycles. The molecule has 0 aliphatic carbocycles. The van der Waals surface area contributed by atoms with Gasteiger partial charge in [0.15, 0.2) is 0 Å². The maximum Gasteiger partial charge on any atom is 0.416 e. The van der Waals surface area contributed by atoms with Gasteiger partial charge in [-0.05, 0) is 50.6 Å². The molecule has 0 aliphatic rings. The average Bonchev–Trinajstić information content (AvgIpc) is 2.73. The lowest BCUT2D eigenvalue weighted by Gasteiger charge is -2.10. The highest BCUT2D eigenvalue weighted by molar-refractivity contribution is 7.18. The number of nitrogens with one attached hydrogen (secondary N) is 1. The summed E-state index contributed by atoms with van der Waals surface area (Å²) in [6.07, 6.45) is -4.33. The van der Waals surface area contributed by atoms with Crippen LogP contribution in [0.5, 0.6) is 0 Å². The highest BCUT2D eigenvalue weighted by Gasteiger charge is 2.30.